The van der Waals surface area contributed by atoms with Crippen LogP contribution in [-0.4, -0.2) is 39.2 Å². The van der Waals surface area contributed by atoms with Crippen molar-refractivity contribution in [1.82, 2.24) is 25.1 Å². The highest BCUT2D eigenvalue weighted by molar-refractivity contribution is 5.47. The Morgan fingerprint density at radius 1 is 1.10 bits per heavy atom. The second-order valence-corrected chi connectivity index (χ2v) is 6.29. The first-order valence-electron chi connectivity index (χ1n) is 7.59. The van der Waals surface area contributed by atoms with Gasteiger partial charge in [-0.25, -0.2) is 0 Å². The largest absolute Gasteiger partial charge is 0.297 e. The number of aryl methyl sites for hydroxylation is 2. The molecule has 1 saturated carbocycles. The number of nitrogens with zero attached hydrogens (tertiary/aromatic N) is 5. The highest BCUT2D eigenvalue weighted by atomic mass is 15.6. The molecule has 5 heteroatoms. The summed E-state index contributed by atoms with van der Waals surface area (Å²) < 4.78 is 1.95. The molecule has 1 fully saturated rings. The van der Waals surface area contributed by atoms with E-state index in [0.717, 1.165) is 24.4 Å². The predicted octanol–water partition coefficient (Wildman–Crippen LogP) is 2.61. The van der Waals surface area contributed by atoms with Crippen LogP contribution in [0.1, 0.15) is 42.6 Å². The molecular weight excluding hydrogens is 262 g/mol. The Morgan fingerprint density at radius 3 is 2.29 bits per heavy atom. The molecule has 112 valence electrons. The van der Waals surface area contributed by atoms with Gasteiger partial charge in [-0.15, -0.1) is 5.10 Å². The maximum Gasteiger partial charge on any atom is 0.176 e. The molecule has 1 aromatic heterocycles. The molecule has 5 nitrogen and oxygen atoms in total. The van der Waals surface area contributed by atoms with Gasteiger partial charge in [0, 0.05) is 0 Å². The first kappa shape index (κ1) is 14.2. The lowest BCUT2D eigenvalue weighted by molar-refractivity contribution is 0.143. The van der Waals surface area contributed by atoms with Crippen molar-refractivity contribution in [1.29, 1.82) is 0 Å². The number of tetrazole rings is 1. The van der Waals surface area contributed by atoms with Crippen LogP contribution in [0.15, 0.2) is 18.2 Å². The van der Waals surface area contributed by atoms with Crippen LogP contribution in [0.5, 0.6) is 0 Å². The van der Waals surface area contributed by atoms with Gasteiger partial charge in [0.1, 0.15) is 0 Å². The smallest absolute Gasteiger partial charge is 0.176 e. The Kier molecular flexibility index (Phi) is 3.53. The average molecular weight is 285 g/mol. The zero-order chi connectivity index (χ0) is 15.0. The number of para-hydroxylation sites is 1. The summed E-state index contributed by atoms with van der Waals surface area (Å²) in [5.74, 6) is 0.974. The highest BCUT2D eigenvalue weighted by Gasteiger charge is 2.42. The molecule has 0 atom stereocenters. The van der Waals surface area contributed by atoms with E-state index in [-0.39, 0.29) is 5.54 Å². The zero-order valence-electron chi connectivity index (χ0n) is 13.3. The van der Waals surface area contributed by atoms with E-state index in [1.165, 1.54) is 24.0 Å². The van der Waals surface area contributed by atoms with Gasteiger partial charge in [0.05, 0.1) is 11.2 Å². The third-order valence-corrected chi connectivity index (χ3v) is 4.82. The van der Waals surface area contributed by atoms with Gasteiger partial charge in [0.15, 0.2) is 5.82 Å². The van der Waals surface area contributed by atoms with E-state index in [9.17, 15) is 0 Å². The van der Waals surface area contributed by atoms with Crippen molar-refractivity contribution in [2.24, 2.45) is 0 Å². The van der Waals surface area contributed by atoms with Crippen LogP contribution in [0.2, 0.25) is 0 Å². The molecule has 2 aromatic rings. The van der Waals surface area contributed by atoms with Crippen LogP contribution in [0, 0.1) is 13.8 Å². The van der Waals surface area contributed by atoms with E-state index in [2.05, 4.69) is 66.6 Å². The first-order valence-corrected chi connectivity index (χ1v) is 7.59. The Balaban J connectivity index is 2.18. The lowest BCUT2D eigenvalue weighted by Crippen LogP contribution is -2.41. The number of benzene rings is 1. The molecule has 1 aliphatic carbocycles. The van der Waals surface area contributed by atoms with E-state index in [1.807, 2.05) is 4.68 Å². The van der Waals surface area contributed by atoms with Crippen molar-refractivity contribution in [2.75, 3.05) is 14.1 Å². The molecule has 1 heterocycles. The topological polar surface area (TPSA) is 46.8 Å². The molecule has 0 bridgehead atoms. The number of hydrogen-bond acceptors (Lipinski definition) is 4. The number of hydrogen-bond donors (Lipinski definition) is 0. The maximum atomic E-state index is 4.41. The molecule has 21 heavy (non-hydrogen) atoms. The van der Waals surface area contributed by atoms with E-state index in [0.29, 0.717) is 0 Å². The first-order chi connectivity index (χ1) is 10.1. The standard InChI is InChI=1S/C16H23N5/c1-12-8-7-9-13(2)14(12)21-15(17-18-19-21)16(20(3)4)10-5-6-11-16/h7-9H,5-6,10-11H2,1-4H3. The third kappa shape index (κ3) is 2.16. The summed E-state index contributed by atoms with van der Waals surface area (Å²) in [6, 6.07) is 6.31. The Morgan fingerprint density at radius 2 is 1.71 bits per heavy atom. The van der Waals surface area contributed by atoms with Crippen molar-refractivity contribution in [3.05, 3.63) is 35.2 Å². The average Bonchev–Trinajstić information content (AvgIpc) is 3.07. The van der Waals surface area contributed by atoms with E-state index in [4.69, 9.17) is 0 Å². The van der Waals surface area contributed by atoms with E-state index >= 15 is 0 Å². The van der Waals surface area contributed by atoms with Gasteiger partial charge in [0.25, 0.3) is 0 Å². The van der Waals surface area contributed by atoms with Crippen LogP contribution >= 0.6 is 0 Å². The third-order valence-electron chi connectivity index (χ3n) is 4.82. The maximum absolute atomic E-state index is 4.41. The Labute approximate surface area is 126 Å². The second-order valence-electron chi connectivity index (χ2n) is 6.29. The van der Waals surface area contributed by atoms with Gasteiger partial charge in [0.2, 0.25) is 0 Å². The molecule has 0 radical (unpaired) electrons. The van der Waals surface area contributed by atoms with Gasteiger partial charge in [-0.3, -0.25) is 4.90 Å². The van der Waals surface area contributed by atoms with Crippen molar-refractivity contribution in [3.63, 3.8) is 0 Å². The quantitative estimate of drug-likeness (QED) is 0.869. The fourth-order valence-corrected chi connectivity index (χ4v) is 3.60. The summed E-state index contributed by atoms with van der Waals surface area (Å²) in [4.78, 5) is 2.29. The minimum atomic E-state index is -0.0434. The van der Waals surface area contributed by atoms with Gasteiger partial charge < -0.3 is 0 Å². The lowest BCUT2D eigenvalue weighted by Gasteiger charge is -2.35. The summed E-state index contributed by atoms with van der Waals surface area (Å²) in [7, 11) is 4.27. The van der Waals surface area contributed by atoms with Crippen molar-refractivity contribution in [2.45, 2.75) is 45.1 Å². The van der Waals surface area contributed by atoms with Crippen molar-refractivity contribution in [3.8, 4) is 5.69 Å². The summed E-state index contributed by atoms with van der Waals surface area (Å²) in [5.41, 5.74) is 3.48. The minimum Gasteiger partial charge on any atom is -0.297 e. The molecule has 0 amide bonds. The SMILES string of the molecule is Cc1cccc(C)c1-n1nnnc1C1(N(C)C)CCCC1. The fourth-order valence-electron chi connectivity index (χ4n) is 3.60. The highest BCUT2D eigenvalue weighted by Crippen LogP contribution is 2.42. The summed E-state index contributed by atoms with van der Waals surface area (Å²) >= 11 is 0. The number of rotatable bonds is 3. The van der Waals surface area contributed by atoms with Crippen LogP contribution in [-0.2, 0) is 5.54 Å². The summed E-state index contributed by atoms with van der Waals surface area (Å²) in [6.07, 6.45) is 4.70. The molecule has 0 saturated heterocycles. The fraction of sp³-hybridized carbons (Fsp3) is 0.562. The normalized spacial score (nSPS) is 17.6. The van der Waals surface area contributed by atoms with Crippen LogP contribution in [0.4, 0.5) is 0 Å². The predicted molar refractivity (Wildman–Crippen MR) is 82.5 cm³/mol. The van der Waals surface area contributed by atoms with Crippen LogP contribution in [0.3, 0.4) is 0 Å². The van der Waals surface area contributed by atoms with Gasteiger partial charge in [-0.1, -0.05) is 31.0 Å². The number of aromatic nitrogens is 4. The minimum absolute atomic E-state index is 0.0434. The molecule has 0 spiro atoms. The monoisotopic (exact) mass is 285 g/mol. The Bertz CT molecular complexity index is 618. The van der Waals surface area contributed by atoms with Crippen LogP contribution < -0.4 is 0 Å². The van der Waals surface area contributed by atoms with E-state index < -0.39 is 0 Å². The molecule has 0 aliphatic heterocycles. The molecule has 1 aliphatic rings. The zero-order valence-corrected chi connectivity index (χ0v) is 13.3. The van der Waals surface area contributed by atoms with Crippen LogP contribution in [0.25, 0.3) is 5.69 Å². The summed E-state index contributed by atoms with van der Waals surface area (Å²) in [6.45, 7) is 4.23. The summed E-state index contributed by atoms with van der Waals surface area (Å²) in [5, 5.41) is 12.7. The Hall–Kier alpha value is -1.75. The van der Waals surface area contributed by atoms with Crippen molar-refractivity contribution >= 4 is 0 Å². The molecular formula is C16H23N5. The molecule has 1 aromatic carbocycles. The van der Waals surface area contributed by atoms with E-state index in [1.54, 1.807) is 0 Å². The lowest BCUT2D eigenvalue weighted by atomic mass is 9.94. The molecule has 0 unspecified atom stereocenters. The van der Waals surface area contributed by atoms with Gasteiger partial charge in [-0.2, -0.15) is 4.68 Å². The molecule has 0 N–H and O–H groups in total. The van der Waals surface area contributed by atoms with Crippen molar-refractivity contribution < 1.29 is 0 Å². The van der Waals surface area contributed by atoms with Gasteiger partial charge >= 0.3 is 0 Å². The second kappa shape index (κ2) is 5.22. The molecule has 3 rings (SSSR count). The van der Waals surface area contributed by atoms with Gasteiger partial charge in [-0.05, 0) is 62.3 Å².